The van der Waals surface area contributed by atoms with Gasteiger partial charge in [-0.05, 0) is 45.2 Å². The van der Waals surface area contributed by atoms with Gasteiger partial charge in [-0.15, -0.1) is 0 Å². The van der Waals surface area contributed by atoms with E-state index in [-0.39, 0.29) is 11.3 Å². The lowest BCUT2D eigenvalue weighted by Gasteiger charge is -2.40. The lowest BCUT2D eigenvalue weighted by atomic mass is 9.74. The molecule has 0 aromatic heterocycles. The van der Waals surface area contributed by atoms with E-state index in [1.807, 2.05) is 11.9 Å². The number of rotatable bonds is 5. The van der Waals surface area contributed by atoms with Crippen molar-refractivity contribution in [1.29, 1.82) is 0 Å². The Labute approximate surface area is 122 Å². The average Bonchev–Trinajstić information content (AvgIpc) is 2.85. The number of likely N-dealkylation sites (N-methyl/N-ethyl adjacent to an activating group) is 1. The molecule has 0 atom stereocenters. The maximum Gasteiger partial charge on any atom is 0.228 e. The van der Waals surface area contributed by atoms with E-state index >= 15 is 0 Å². The predicted octanol–water partition coefficient (Wildman–Crippen LogP) is 1.92. The Balaban J connectivity index is 2.02. The molecule has 2 fully saturated rings. The van der Waals surface area contributed by atoms with Crippen molar-refractivity contribution in [3.63, 3.8) is 0 Å². The molecule has 4 nitrogen and oxygen atoms in total. The summed E-state index contributed by atoms with van der Waals surface area (Å²) in [6, 6.07) is 0. The fourth-order valence-corrected chi connectivity index (χ4v) is 4.06. The second kappa shape index (κ2) is 6.44. The third-order valence-electron chi connectivity index (χ3n) is 5.16. The molecule has 116 valence electrons. The molecule has 0 aromatic carbocycles. The van der Waals surface area contributed by atoms with Gasteiger partial charge in [0.1, 0.15) is 0 Å². The van der Waals surface area contributed by atoms with Crippen LogP contribution in [-0.2, 0) is 4.79 Å². The standard InChI is InChI=1S/C16H30N2O2/c1-3-6-15(9-11-17-12-10-15)14(19)18(2)13-16(20)7-4-5-8-16/h17,20H,3-13H2,1-2H3. The van der Waals surface area contributed by atoms with Crippen molar-refractivity contribution in [3.8, 4) is 0 Å². The first-order valence-corrected chi connectivity index (χ1v) is 8.20. The Morgan fingerprint density at radius 1 is 1.20 bits per heavy atom. The fourth-order valence-electron chi connectivity index (χ4n) is 4.06. The molecule has 0 unspecified atom stereocenters. The largest absolute Gasteiger partial charge is 0.388 e. The van der Waals surface area contributed by atoms with Gasteiger partial charge in [0, 0.05) is 13.6 Å². The van der Waals surface area contributed by atoms with Gasteiger partial charge in [-0.25, -0.2) is 0 Å². The van der Waals surface area contributed by atoms with Crippen LogP contribution in [0.2, 0.25) is 0 Å². The van der Waals surface area contributed by atoms with Gasteiger partial charge >= 0.3 is 0 Å². The van der Waals surface area contributed by atoms with Crippen LogP contribution < -0.4 is 5.32 Å². The van der Waals surface area contributed by atoms with Crippen molar-refractivity contribution >= 4 is 5.91 Å². The van der Waals surface area contributed by atoms with Crippen molar-refractivity contribution in [2.24, 2.45) is 5.41 Å². The zero-order valence-corrected chi connectivity index (χ0v) is 13.1. The highest BCUT2D eigenvalue weighted by Crippen LogP contribution is 2.37. The molecule has 1 heterocycles. The first-order chi connectivity index (χ1) is 9.51. The molecule has 1 saturated carbocycles. The number of carbonyl (C=O) groups excluding carboxylic acids is 1. The van der Waals surface area contributed by atoms with Crippen molar-refractivity contribution < 1.29 is 9.90 Å². The van der Waals surface area contributed by atoms with Gasteiger partial charge in [0.05, 0.1) is 11.0 Å². The second-order valence-electron chi connectivity index (χ2n) is 6.87. The molecule has 20 heavy (non-hydrogen) atoms. The van der Waals surface area contributed by atoms with Crippen LogP contribution in [0.3, 0.4) is 0 Å². The van der Waals surface area contributed by atoms with E-state index in [0.29, 0.717) is 6.54 Å². The Bertz CT molecular complexity index is 326. The van der Waals surface area contributed by atoms with E-state index in [4.69, 9.17) is 0 Å². The summed E-state index contributed by atoms with van der Waals surface area (Å²) < 4.78 is 0. The highest BCUT2D eigenvalue weighted by Gasteiger charge is 2.42. The van der Waals surface area contributed by atoms with Gasteiger partial charge in [0.15, 0.2) is 0 Å². The minimum absolute atomic E-state index is 0.191. The molecule has 0 bridgehead atoms. The molecule has 1 aliphatic heterocycles. The van der Waals surface area contributed by atoms with Crippen molar-refractivity contribution in [3.05, 3.63) is 0 Å². The molecule has 4 heteroatoms. The Kier molecular flexibility index (Phi) is 5.08. The van der Waals surface area contributed by atoms with Crippen molar-refractivity contribution in [1.82, 2.24) is 10.2 Å². The third kappa shape index (κ3) is 3.34. The number of hydrogen-bond donors (Lipinski definition) is 2. The van der Waals surface area contributed by atoms with Crippen LogP contribution in [0.25, 0.3) is 0 Å². The number of amides is 1. The van der Waals surface area contributed by atoms with Crippen LogP contribution >= 0.6 is 0 Å². The van der Waals surface area contributed by atoms with Crippen LogP contribution in [-0.4, -0.2) is 48.2 Å². The van der Waals surface area contributed by atoms with E-state index < -0.39 is 5.60 Å². The summed E-state index contributed by atoms with van der Waals surface area (Å²) in [7, 11) is 1.87. The van der Waals surface area contributed by atoms with Crippen LogP contribution in [0, 0.1) is 5.41 Å². The molecule has 2 rings (SSSR count). The number of nitrogens with one attached hydrogen (secondary N) is 1. The Morgan fingerprint density at radius 3 is 2.35 bits per heavy atom. The monoisotopic (exact) mass is 282 g/mol. The van der Waals surface area contributed by atoms with Crippen LogP contribution in [0.4, 0.5) is 0 Å². The van der Waals surface area contributed by atoms with E-state index in [1.54, 1.807) is 0 Å². The third-order valence-corrected chi connectivity index (χ3v) is 5.16. The molecule has 1 amide bonds. The molecule has 0 radical (unpaired) electrons. The SMILES string of the molecule is CCCC1(C(=O)N(C)CC2(O)CCCC2)CCNCC1. The highest BCUT2D eigenvalue weighted by molar-refractivity contribution is 5.82. The number of hydrogen-bond acceptors (Lipinski definition) is 3. The van der Waals surface area contributed by atoms with E-state index in [2.05, 4.69) is 12.2 Å². The molecule has 1 aliphatic carbocycles. The van der Waals surface area contributed by atoms with Gasteiger partial charge < -0.3 is 15.3 Å². The summed E-state index contributed by atoms with van der Waals surface area (Å²) in [6.45, 7) is 4.53. The molecule has 0 spiro atoms. The lowest BCUT2D eigenvalue weighted by molar-refractivity contribution is -0.146. The quantitative estimate of drug-likeness (QED) is 0.810. The zero-order valence-electron chi connectivity index (χ0n) is 13.1. The molecule has 2 N–H and O–H groups in total. The van der Waals surface area contributed by atoms with Gasteiger partial charge in [-0.3, -0.25) is 4.79 Å². The van der Waals surface area contributed by atoms with E-state index in [1.165, 1.54) is 0 Å². The smallest absolute Gasteiger partial charge is 0.228 e. The molecular weight excluding hydrogens is 252 g/mol. The average molecular weight is 282 g/mol. The molecular formula is C16H30N2O2. The van der Waals surface area contributed by atoms with Crippen molar-refractivity contribution in [2.75, 3.05) is 26.7 Å². The Morgan fingerprint density at radius 2 is 1.80 bits per heavy atom. The van der Waals surface area contributed by atoms with Gasteiger partial charge in [0.2, 0.25) is 5.91 Å². The number of nitrogens with zero attached hydrogens (tertiary/aromatic N) is 1. The minimum Gasteiger partial charge on any atom is -0.388 e. The van der Waals surface area contributed by atoms with E-state index in [0.717, 1.165) is 64.5 Å². The first kappa shape index (κ1) is 15.8. The van der Waals surface area contributed by atoms with E-state index in [9.17, 15) is 9.90 Å². The zero-order chi connectivity index (χ0) is 14.6. The van der Waals surface area contributed by atoms with Gasteiger partial charge in [0.25, 0.3) is 0 Å². The Hall–Kier alpha value is -0.610. The van der Waals surface area contributed by atoms with Crippen LogP contribution in [0.1, 0.15) is 58.3 Å². The second-order valence-corrected chi connectivity index (χ2v) is 6.87. The normalized spacial score (nSPS) is 24.6. The predicted molar refractivity (Wildman–Crippen MR) is 80.5 cm³/mol. The number of carbonyl (C=O) groups is 1. The maximum atomic E-state index is 12.9. The van der Waals surface area contributed by atoms with Crippen LogP contribution in [0.15, 0.2) is 0 Å². The summed E-state index contributed by atoms with van der Waals surface area (Å²) >= 11 is 0. The first-order valence-electron chi connectivity index (χ1n) is 8.20. The summed E-state index contributed by atoms with van der Waals surface area (Å²) in [4.78, 5) is 14.7. The number of piperidine rings is 1. The summed E-state index contributed by atoms with van der Waals surface area (Å²) in [6.07, 6.45) is 7.73. The summed E-state index contributed by atoms with van der Waals surface area (Å²) in [5.41, 5.74) is -0.825. The maximum absolute atomic E-state index is 12.9. The highest BCUT2D eigenvalue weighted by atomic mass is 16.3. The van der Waals surface area contributed by atoms with Crippen molar-refractivity contribution in [2.45, 2.75) is 63.9 Å². The topological polar surface area (TPSA) is 52.6 Å². The fraction of sp³-hybridized carbons (Fsp3) is 0.938. The molecule has 1 saturated heterocycles. The molecule has 0 aromatic rings. The molecule has 2 aliphatic rings. The van der Waals surface area contributed by atoms with Gasteiger partial charge in [-0.1, -0.05) is 26.2 Å². The number of aliphatic hydroxyl groups is 1. The van der Waals surface area contributed by atoms with Gasteiger partial charge in [-0.2, -0.15) is 0 Å². The minimum atomic E-state index is -0.634. The summed E-state index contributed by atoms with van der Waals surface area (Å²) in [5, 5.41) is 13.9. The summed E-state index contributed by atoms with van der Waals surface area (Å²) in [5.74, 6) is 0.251. The van der Waals surface area contributed by atoms with Crippen LogP contribution in [0.5, 0.6) is 0 Å². The lowest BCUT2D eigenvalue weighted by Crippen LogP contribution is -2.51.